The van der Waals surface area contributed by atoms with Crippen molar-refractivity contribution in [3.8, 4) is 11.5 Å². The van der Waals surface area contributed by atoms with Crippen molar-refractivity contribution in [1.29, 1.82) is 0 Å². The van der Waals surface area contributed by atoms with Gasteiger partial charge in [0.25, 0.3) is 0 Å². The first-order valence-electron chi connectivity index (χ1n) is 4.64. The maximum Gasteiger partial charge on any atom is 0.161 e. The Morgan fingerprint density at radius 2 is 1.67 bits per heavy atom. The molecule has 0 saturated heterocycles. The highest BCUT2D eigenvalue weighted by atomic mass is 35.5. The molecule has 1 aromatic carbocycles. The first-order chi connectivity index (χ1) is 6.72. The van der Waals surface area contributed by atoms with Gasteiger partial charge in [-0.2, -0.15) is 0 Å². The van der Waals surface area contributed by atoms with Crippen LogP contribution in [0.3, 0.4) is 0 Å². The van der Waals surface area contributed by atoms with Crippen LogP contribution in [0.15, 0.2) is 12.1 Å². The summed E-state index contributed by atoms with van der Waals surface area (Å²) in [4.78, 5) is 0. The molecule has 86 valence electrons. The topological polar surface area (TPSA) is 44.5 Å². The molecule has 3 nitrogen and oxygen atoms in total. The summed E-state index contributed by atoms with van der Waals surface area (Å²) in [5.74, 6) is 1.53. The summed E-state index contributed by atoms with van der Waals surface area (Å²) in [6.45, 7) is 2.70. The Bertz CT molecular complexity index is 316. The van der Waals surface area contributed by atoms with Crippen LogP contribution >= 0.6 is 12.4 Å². The molecule has 0 atom stereocenters. The average Bonchev–Trinajstić information content (AvgIpc) is 2.20. The van der Waals surface area contributed by atoms with Crippen molar-refractivity contribution in [2.24, 2.45) is 5.73 Å². The summed E-state index contributed by atoms with van der Waals surface area (Å²) in [5.41, 5.74) is 7.92. The standard InChI is InChI=1S/C11H17NO2.ClH/c1-8-6-10(13-2)11(14-3)7-9(8)4-5-12;/h6-7H,4-5,12H2,1-3H3;1H. The van der Waals surface area contributed by atoms with Gasteiger partial charge in [-0.15, -0.1) is 12.4 Å². The molecule has 4 heteroatoms. The molecule has 0 heterocycles. The third kappa shape index (κ3) is 3.29. The van der Waals surface area contributed by atoms with Gasteiger partial charge >= 0.3 is 0 Å². The minimum Gasteiger partial charge on any atom is -0.493 e. The van der Waals surface area contributed by atoms with Gasteiger partial charge in [0, 0.05) is 0 Å². The lowest BCUT2D eigenvalue weighted by molar-refractivity contribution is 0.354. The Morgan fingerprint density at radius 1 is 1.13 bits per heavy atom. The predicted molar refractivity (Wildman–Crippen MR) is 64.3 cm³/mol. The Morgan fingerprint density at radius 3 is 2.13 bits per heavy atom. The van der Waals surface area contributed by atoms with Crippen LogP contribution < -0.4 is 15.2 Å². The van der Waals surface area contributed by atoms with E-state index < -0.39 is 0 Å². The van der Waals surface area contributed by atoms with E-state index in [4.69, 9.17) is 15.2 Å². The van der Waals surface area contributed by atoms with E-state index in [0.717, 1.165) is 17.9 Å². The molecule has 0 unspecified atom stereocenters. The highest BCUT2D eigenvalue weighted by Gasteiger charge is 2.07. The molecule has 1 aromatic rings. The third-order valence-electron chi connectivity index (χ3n) is 2.26. The fourth-order valence-electron chi connectivity index (χ4n) is 1.45. The fraction of sp³-hybridized carbons (Fsp3) is 0.455. The van der Waals surface area contributed by atoms with Crippen LogP contribution in [-0.4, -0.2) is 20.8 Å². The highest BCUT2D eigenvalue weighted by molar-refractivity contribution is 5.85. The van der Waals surface area contributed by atoms with E-state index in [1.54, 1.807) is 14.2 Å². The van der Waals surface area contributed by atoms with Gasteiger partial charge in [0.15, 0.2) is 11.5 Å². The maximum atomic E-state index is 5.52. The molecule has 1 rings (SSSR count). The second-order valence-corrected chi connectivity index (χ2v) is 3.17. The summed E-state index contributed by atoms with van der Waals surface area (Å²) < 4.78 is 10.4. The molecule has 2 N–H and O–H groups in total. The number of methoxy groups -OCH3 is 2. The molecule has 15 heavy (non-hydrogen) atoms. The zero-order valence-electron chi connectivity index (χ0n) is 9.37. The molecule has 0 aliphatic carbocycles. The number of halogens is 1. The van der Waals surface area contributed by atoms with Gasteiger partial charge in [0.2, 0.25) is 0 Å². The lowest BCUT2D eigenvalue weighted by Crippen LogP contribution is -2.05. The second-order valence-electron chi connectivity index (χ2n) is 3.17. The monoisotopic (exact) mass is 231 g/mol. The Hall–Kier alpha value is -0.930. The normalized spacial score (nSPS) is 9.33. The van der Waals surface area contributed by atoms with Crippen molar-refractivity contribution in [2.75, 3.05) is 20.8 Å². The van der Waals surface area contributed by atoms with E-state index in [1.807, 2.05) is 19.1 Å². The third-order valence-corrected chi connectivity index (χ3v) is 2.26. The second kappa shape index (κ2) is 6.53. The van der Waals surface area contributed by atoms with E-state index in [-0.39, 0.29) is 12.4 Å². The highest BCUT2D eigenvalue weighted by Crippen LogP contribution is 2.30. The van der Waals surface area contributed by atoms with E-state index >= 15 is 0 Å². The molecule has 0 aliphatic rings. The van der Waals surface area contributed by atoms with Gasteiger partial charge < -0.3 is 15.2 Å². The summed E-state index contributed by atoms with van der Waals surface area (Å²) in [5, 5.41) is 0. The van der Waals surface area contributed by atoms with Gasteiger partial charge in [-0.25, -0.2) is 0 Å². The predicted octanol–water partition coefficient (Wildman–Crippen LogP) is 1.94. The minimum atomic E-state index is 0. The SMILES string of the molecule is COc1cc(C)c(CCN)cc1OC.Cl. The lowest BCUT2D eigenvalue weighted by atomic mass is 10.0. The quantitative estimate of drug-likeness (QED) is 0.862. The molecule has 0 aromatic heterocycles. The fourth-order valence-corrected chi connectivity index (χ4v) is 1.45. The summed E-state index contributed by atoms with van der Waals surface area (Å²) in [6, 6.07) is 3.96. The van der Waals surface area contributed by atoms with Crippen LogP contribution in [0.1, 0.15) is 11.1 Å². The number of nitrogens with two attached hydrogens (primary N) is 1. The summed E-state index contributed by atoms with van der Waals surface area (Å²) in [7, 11) is 3.28. The van der Waals surface area contributed by atoms with Crippen molar-refractivity contribution < 1.29 is 9.47 Å². The van der Waals surface area contributed by atoms with Gasteiger partial charge in [-0.3, -0.25) is 0 Å². The smallest absolute Gasteiger partial charge is 0.161 e. The van der Waals surface area contributed by atoms with Crippen LogP contribution in [0.25, 0.3) is 0 Å². The van der Waals surface area contributed by atoms with Gasteiger partial charge in [-0.05, 0) is 43.1 Å². The van der Waals surface area contributed by atoms with Gasteiger partial charge in [-0.1, -0.05) is 0 Å². The van der Waals surface area contributed by atoms with Crippen molar-refractivity contribution in [3.05, 3.63) is 23.3 Å². The number of hydrogen-bond acceptors (Lipinski definition) is 3. The van der Waals surface area contributed by atoms with Crippen molar-refractivity contribution >= 4 is 12.4 Å². The minimum absolute atomic E-state index is 0. The number of rotatable bonds is 4. The zero-order chi connectivity index (χ0) is 10.6. The van der Waals surface area contributed by atoms with Crippen LogP contribution in [0, 0.1) is 6.92 Å². The molecule has 0 spiro atoms. The molecular weight excluding hydrogens is 214 g/mol. The molecule has 0 amide bonds. The average molecular weight is 232 g/mol. The molecule has 0 aliphatic heterocycles. The molecular formula is C11H18ClNO2. The van der Waals surface area contributed by atoms with Crippen molar-refractivity contribution in [2.45, 2.75) is 13.3 Å². The number of aryl methyl sites for hydroxylation is 1. The Labute approximate surface area is 97.0 Å². The van der Waals surface area contributed by atoms with Crippen molar-refractivity contribution in [3.63, 3.8) is 0 Å². The molecule has 0 fully saturated rings. The first-order valence-corrected chi connectivity index (χ1v) is 4.64. The lowest BCUT2D eigenvalue weighted by Gasteiger charge is -2.11. The van der Waals surface area contributed by atoms with E-state index in [9.17, 15) is 0 Å². The van der Waals surface area contributed by atoms with Crippen LogP contribution in [0.4, 0.5) is 0 Å². The van der Waals surface area contributed by atoms with Crippen molar-refractivity contribution in [1.82, 2.24) is 0 Å². The van der Waals surface area contributed by atoms with E-state index in [1.165, 1.54) is 11.1 Å². The first kappa shape index (κ1) is 14.1. The maximum absolute atomic E-state index is 5.52. The Kier molecular flexibility index (Phi) is 6.13. The van der Waals surface area contributed by atoms with Gasteiger partial charge in [0.05, 0.1) is 14.2 Å². The number of hydrogen-bond donors (Lipinski definition) is 1. The molecule has 0 saturated carbocycles. The summed E-state index contributed by atoms with van der Waals surface area (Å²) >= 11 is 0. The zero-order valence-corrected chi connectivity index (χ0v) is 10.2. The van der Waals surface area contributed by atoms with E-state index in [0.29, 0.717) is 6.54 Å². The summed E-state index contributed by atoms with van der Waals surface area (Å²) in [6.07, 6.45) is 0.867. The van der Waals surface area contributed by atoms with Crippen LogP contribution in [-0.2, 0) is 6.42 Å². The number of ether oxygens (including phenoxy) is 2. The van der Waals surface area contributed by atoms with Crippen LogP contribution in [0.5, 0.6) is 11.5 Å². The Balaban J connectivity index is 0.00000196. The number of benzene rings is 1. The van der Waals surface area contributed by atoms with E-state index in [2.05, 4.69) is 0 Å². The van der Waals surface area contributed by atoms with Crippen LogP contribution in [0.2, 0.25) is 0 Å². The molecule has 0 bridgehead atoms. The van der Waals surface area contributed by atoms with Gasteiger partial charge in [0.1, 0.15) is 0 Å². The molecule has 0 radical (unpaired) electrons. The largest absolute Gasteiger partial charge is 0.493 e.